The summed E-state index contributed by atoms with van der Waals surface area (Å²) >= 11 is 1.54. The normalized spacial score (nSPS) is 19.1. The van der Waals surface area contributed by atoms with Crippen LogP contribution in [-0.2, 0) is 0 Å². The van der Waals surface area contributed by atoms with Crippen molar-refractivity contribution >= 4 is 17.2 Å². The zero-order valence-electron chi connectivity index (χ0n) is 11.5. The number of piperidine rings is 1. The molecule has 0 aliphatic carbocycles. The second-order valence-electron chi connectivity index (χ2n) is 5.08. The van der Waals surface area contributed by atoms with Crippen LogP contribution in [0.4, 0.5) is 5.82 Å². The first-order chi connectivity index (χ1) is 9.81. The second kappa shape index (κ2) is 6.17. The van der Waals surface area contributed by atoms with Crippen LogP contribution in [0.5, 0.6) is 5.19 Å². The molecule has 0 saturated carbocycles. The second-order valence-corrected chi connectivity index (χ2v) is 5.94. The van der Waals surface area contributed by atoms with Crippen molar-refractivity contribution in [3.63, 3.8) is 0 Å². The van der Waals surface area contributed by atoms with Crippen LogP contribution in [0.1, 0.15) is 18.5 Å². The third kappa shape index (κ3) is 3.25. The van der Waals surface area contributed by atoms with E-state index in [9.17, 15) is 0 Å². The van der Waals surface area contributed by atoms with Gasteiger partial charge < -0.3 is 9.64 Å². The van der Waals surface area contributed by atoms with Crippen LogP contribution in [0.25, 0.3) is 0 Å². The van der Waals surface area contributed by atoms with Gasteiger partial charge in [0.05, 0.1) is 6.61 Å². The molecule has 1 aliphatic heterocycles. The molecule has 0 radical (unpaired) electrons. The molecule has 1 fully saturated rings. The van der Waals surface area contributed by atoms with E-state index >= 15 is 0 Å². The lowest BCUT2D eigenvalue weighted by molar-refractivity contribution is 0.227. The molecule has 106 valence electrons. The molecule has 0 aromatic carbocycles. The number of anilines is 1. The molecule has 0 bridgehead atoms. The van der Waals surface area contributed by atoms with Gasteiger partial charge >= 0.3 is 0 Å². The number of hydrogen-bond donors (Lipinski definition) is 0. The smallest absolute Gasteiger partial charge is 0.273 e. The molecule has 1 saturated heterocycles. The molecule has 6 heteroatoms. The topological polar surface area (TPSA) is 51.1 Å². The van der Waals surface area contributed by atoms with Gasteiger partial charge in [0.15, 0.2) is 0 Å². The number of nitrogens with zero attached hydrogens (tertiary/aromatic N) is 4. The first-order valence-electron chi connectivity index (χ1n) is 6.87. The summed E-state index contributed by atoms with van der Waals surface area (Å²) in [6, 6.07) is 2.05. The maximum atomic E-state index is 5.74. The number of aryl methyl sites for hydroxylation is 1. The van der Waals surface area contributed by atoms with Crippen molar-refractivity contribution in [2.45, 2.75) is 19.8 Å². The Morgan fingerprint density at radius 2 is 2.35 bits per heavy atom. The molecule has 3 heterocycles. The van der Waals surface area contributed by atoms with Gasteiger partial charge in [-0.1, -0.05) is 11.3 Å². The number of ether oxygens (including phenoxy) is 1. The van der Waals surface area contributed by atoms with E-state index in [1.807, 2.05) is 18.4 Å². The summed E-state index contributed by atoms with van der Waals surface area (Å²) in [5.41, 5.74) is 1.01. The predicted molar refractivity (Wildman–Crippen MR) is 79.3 cm³/mol. The SMILES string of the molecule is Cc1cc(N2CCCC(COc3nccs3)C2)ncn1. The minimum atomic E-state index is 0.530. The highest BCUT2D eigenvalue weighted by molar-refractivity contribution is 7.11. The Balaban J connectivity index is 1.59. The first kappa shape index (κ1) is 13.3. The van der Waals surface area contributed by atoms with Gasteiger partial charge in [0, 0.05) is 42.3 Å². The Morgan fingerprint density at radius 1 is 1.40 bits per heavy atom. The van der Waals surface area contributed by atoms with Crippen molar-refractivity contribution in [2.75, 3.05) is 24.6 Å². The molecule has 2 aromatic heterocycles. The molecular formula is C14H18N4OS. The van der Waals surface area contributed by atoms with E-state index in [-0.39, 0.29) is 0 Å². The zero-order chi connectivity index (χ0) is 13.8. The molecule has 5 nitrogen and oxygen atoms in total. The minimum absolute atomic E-state index is 0.530. The van der Waals surface area contributed by atoms with E-state index in [1.165, 1.54) is 12.8 Å². The molecule has 0 N–H and O–H groups in total. The highest BCUT2D eigenvalue weighted by atomic mass is 32.1. The van der Waals surface area contributed by atoms with Gasteiger partial charge in [0.1, 0.15) is 12.1 Å². The standard InChI is InChI=1S/C14H18N4OS/c1-11-7-13(17-10-16-11)18-5-2-3-12(8-18)9-19-14-15-4-6-20-14/h4,6-7,10,12H,2-3,5,8-9H2,1H3. The Hall–Kier alpha value is -1.69. The van der Waals surface area contributed by atoms with Crippen LogP contribution in [-0.4, -0.2) is 34.6 Å². The number of thiazole rings is 1. The van der Waals surface area contributed by atoms with E-state index < -0.39 is 0 Å². The van der Waals surface area contributed by atoms with Crippen LogP contribution >= 0.6 is 11.3 Å². The van der Waals surface area contributed by atoms with Crippen molar-refractivity contribution < 1.29 is 4.74 Å². The fourth-order valence-electron chi connectivity index (χ4n) is 2.49. The third-order valence-electron chi connectivity index (χ3n) is 3.48. The van der Waals surface area contributed by atoms with Gasteiger partial charge in [-0.25, -0.2) is 15.0 Å². The summed E-state index contributed by atoms with van der Waals surface area (Å²) in [6.45, 7) is 4.78. The zero-order valence-corrected chi connectivity index (χ0v) is 12.3. The fraction of sp³-hybridized carbons (Fsp3) is 0.500. The van der Waals surface area contributed by atoms with Gasteiger partial charge in [-0.05, 0) is 19.8 Å². The van der Waals surface area contributed by atoms with E-state index in [1.54, 1.807) is 23.9 Å². The van der Waals surface area contributed by atoms with Crippen LogP contribution in [0.15, 0.2) is 24.0 Å². The number of rotatable bonds is 4. The highest BCUT2D eigenvalue weighted by Gasteiger charge is 2.21. The summed E-state index contributed by atoms with van der Waals surface area (Å²) in [4.78, 5) is 15.0. The van der Waals surface area contributed by atoms with Crippen molar-refractivity contribution in [1.29, 1.82) is 0 Å². The molecule has 0 spiro atoms. The lowest BCUT2D eigenvalue weighted by atomic mass is 9.99. The Kier molecular flexibility index (Phi) is 4.11. The summed E-state index contributed by atoms with van der Waals surface area (Å²) in [5, 5.41) is 2.70. The maximum absolute atomic E-state index is 5.74. The van der Waals surface area contributed by atoms with Crippen molar-refractivity contribution in [3.8, 4) is 5.19 Å². The third-order valence-corrected chi connectivity index (χ3v) is 4.17. The Labute approximate surface area is 122 Å². The Morgan fingerprint density at radius 3 is 3.15 bits per heavy atom. The molecule has 2 aromatic rings. The maximum Gasteiger partial charge on any atom is 0.273 e. The Bertz CT molecular complexity index is 546. The lowest BCUT2D eigenvalue weighted by Gasteiger charge is -2.33. The fourth-order valence-corrected chi connectivity index (χ4v) is 2.99. The van der Waals surface area contributed by atoms with Gasteiger partial charge in [0.2, 0.25) is 0 Å². The van der Waals surface area contributed by atoms with Gasteiger partial charge in [-0.3, -0.25) is 0 Å². The summed E-state index contributed by atoms with van der Waals surface area (Å²) in [7, 11) is 0. The monoisotopic (exact) mass is 290 g/mol. The summed E-state index contributed by atoms with van der Waals surface area (Å²) in [6.07, 6.45) is 5.79. The quantitative estimate of drug-likeness (QED) is 0.866. The van der Waals surface area contributed by atoms with E-state index in [4.69, 9.17) is 4.74 Å². The molecule has 1 unspecified atom stereocenters. The van der Waals surface area contributed by atoms with Crippen molar-refractivity contribution in [1.82, 2.24) is 15.0 Å². The van der Waals surface area contributed by atoms with Crippen LogP contribution < -0.4 is 9.64 Å². The first-order valence-corrected chi connectivity index (χ1v) is 7.75. The van der Waals surface area contributed by atoms with Crippen molar-refractivity contribution in [2.24, 2.45) is 5.92 Å². The number of aromatic nitrogens is 3. The highest BCUT2D eigenvalue weighted by Crippen LogP contribution is 2.23. The lowest BCUT2D eigenvalue weighted by Crippen LogP contribution is -2.38. The van der Waals surface area contributed by atoms with E-state index in [0.29, 0.717) is 5.92 Å². The van der Waals surface area contributed by atoms with Gasteiger partial charge in [0.25, 0.3) is 5.19 Å². The average molecular weight is 290 g/mol. The predicted octanol–water partition coefficient (Wildman–Crippen LogP) is 2.54. The number of hydrogen-bond acceptors (Lipinski definition) is 6. The molecule has 3 rings (SSSR count). The summed E-state index contributed by atoms with van der Waals surface area (Å²) < 4.78 is 5.74. The summed E-state index contributed by atoms with van der Waals surface area (Å²) in [5.74, 6) is 1.55. The largest absolute Gasteiger partial charge is 0.470 e. The molecule has 1 aliphatic rings. The van der Waals surface area contributed by atoms with Gasteiger partial charge in [-0.15, -0.1) is 0 Å². The van der Waals surface area contributed by atoms with E-state index in [0.717, 1.165) is 36.4 Å². The molecule has 1 atom stereocenters. The average Bonchev–Trinajstić information content (AvgIpc) is 2.99. The minimum Gasteiger partial charge on any atom is -0.470 e. The molecule has 20 heavy (non-hydrogen) atoms. The molecule has 0 amide bonds. The van der Waals surface area contributed by atoms with Crippen LogP contribution in [0.3, 0.4) is 0 Å². The van der Waals surface area contributed by atoms with Crippen LogP contribution in [0, 0.1) is 12.8 Å². The van der Waals surface area contributed by atoms with Gasteiger partial charge in [-0.2, -0.15) is 0 Å². The van der Waals surface area contributed by atoms with E-state index in [2.05, 4.69) is 19.9 Å². The van der Waals surface area contributed by atoms with Crippen molar-refractivity contribution in [3.05, 3.63) is 29.7 Å². The molecular weight excluding hydrogens is 272 g/mol. The van der Waals surface area contributed by atoms with Crippen LogP contribution in [0.2, 0.25) is 0 Å².